The number of rotatable bonds is 8. The number of nitro groups is 1. The van der Waals surface area contributed by atoms with E-state index in [4.69, 9.17) is 9.47 Å². The van der Waals surface area contributed by atoms with Gasteiger partial charge in [0.1, 0.15) is 12.3 Å². The maximum atomic E-state index is 13.6. The van der Waals surface area contributed by atoms with Gasteiger partial charge in [-0.05, 0) is 44.2 Å². The predicted octanol–water partition coefficient (Wildman–Crippen LogP) is 2.41. The molecule has 1 saturated heterocycles. The largest absolute Gasteiger partial charge is 0.497 e. The number of hydrogen-bond donors (Lipinski definition) is 0. The van der Waals surface area contributed by atoms with Crippen LogP contribution in [0.5, 0.6) is 5.75 Å². The highest BCUT2D eigenvalue weighted by molar-refractivity contribution is 7.92. The number of piperazine rings is 1. The lowest BCUT2D eigenvalue weighted by molar-refractivity contribution is -0.385. The lowest BCUT2D eigenvalue weighted by Crippen LogP contribution is -2.53. The Morgan fingerprint density at radius 2 is 1.67 bits per heavy atom. The van der Waals surface area contributed by atoms with E-state index in [1.165, 1.54) is 48.1 Å². The Morgan fingerprint density at radius 1 is 1.06 bits per heavy atom. The first-order chi connectivity index (χ1) is 17.1. The van der Waals surface area contributed by atoms with Crippen molar-refractivity contribution in [2.75, 3.05) is 50.7 Å². The van der Waals surface area contributed by atoms with E-state index >= 15 is 0 Å². The number of carbonyl (C=O) groups excluding carboxylic acids is 2. The third kappa shape index (κ3) is 5.85. The van der Waals surface area contributed by atoms with Gasteiger partial charge in [-0.1, -0.05) is 6.07 Å². The average molecular weight is 521 g/mol. The highest BCUT2D eigenvalue weighted by Gasteiger charge is 2.32. The van der Waals surface area contributed by atoms with Crippen molar-refractivity contribution < 1.29 is 32.4 Å². The van der Waals surface area contributed by atoms with Crippen LogP contribution in [0.4, 0.5) is 16.2 Å². The Bertz CT molecular complexity index is 1230. The fourth-order valence-corrected chi connectivity index (χ4v) is 5.15. The maximum absolute atomic E-state index is 13.6. The Balaban J connectivity index is 1.90. The summed E-state index contributed by atoms with van der Waals surface area (Å²) < 4.78 is 38.3. The average Bonchev–Trinajstić information content (AvgIpc) is 2.87. The number of carbonyl (C=O) groups is 2. The quantitative estimate of drug-likeness (QED) is 0.382. The number of benzene rings is 2. The van der Waals surface area contributed by atoms with E-state index in [-0.39, 0.29) is 49.1 Å². The Hall–Kier alpha value is -3.87. The van der Waals surface area contributed by atoms with Crippen LogP contribution in [0.15, 0.2) is 47.4 Å². The van der Waals surface area contributed by atoms with Gasteiger partial charge in [-0.2, -0.15) is 0 Å². The Kier molecular flexibility index (Phi) is 8.35. The summed E-state index contributed by atoms with van der Waals surface area (Å²) >= 11 is 0. The normalized spacial score (nSPS) is 13.8. The van der Waals surface area contributed by atoms with Gasteiger partial charge in [0, 0.05) is 37.8 Å². The molecule has 36 heavy (non-hydrogen) atoms. The predicted molar refractivity (Wildman–Crippen MR) is 131 cm³/mol. The minimum atomic E-state index is -4.36. The number of aryl methyl sites for hydroxylation is 1. The van der Waals surface area contributed by atoms with Crippen molar-refractivity contribution in [2.45, 2.75) is 18.7 Å². The molecule has 0 radical (unpaired) electrons. The first-order valence-corrected chi connectivity index (χ1v) is 12.6. The molecule has 0 atom stereocenters. The topological polar surface area (TPSA) is 140 Å². The Labute approximate surface area is 209 Å². The van der Waals surface area contributed by atoms with Gasteiger partial charge in [0.2, 0.25) is 5.91 Å². The van der Waals surface area contributed by atoms with Crippen molar-refractivity contribution in [3.05, 3.63) is 58.1 Å². The van der Waals surface area contributed by atoms with Crippen LogP contribution in [0.3, 0.4) is 0 Å². The van der Waals surface area contributed by atoms with E-state index in [0.717, 1.165) is 10.4 Å². The van der Waals surface area contributed by atoms with Gasteiger partial charge in [0.05, 0.1) is 29.2 Å². The molecule has 3 rings (SSSR count). The van der Waals surface area contributed by atoms with Crippen LogP contribution in [0, 0.1) is 17.0 Å². The minimum absolute atomic E-state index is 0.192. The van der Waals surface area contributed by atoms with E-state index in [1.54, 1.807) is 19.1 Å². The molecule has 0 unspecified atom stereocenters. The molecular weight excluding hydrogens is 492 g/mol. The van der Waals surface area contributed by atoms with Crippen LogP contribution in [-0.2, 0) is 19.6 Å². The summed E-state index contributed by atoms with van der Waals surface area (Å²) in [7, 11) is -2.89. The van der Waals surface area contributed by atoms with Crippen molar-refractivity contribution in [2.24, 2.45) is 0 Å². The molecule has 2 aromatic rings. The summed E-state index contributed by atoms with van der Waals surface area (Å²) in [6.07, 6.45) is -0.465. The number of nitro benzene ring substituents is 1. The smallest absolute Gasteiger partial charge is 0.409 e. The van der Waals surface area contributed by atoms with Crippen molar-refractivity contribution in [1.29, 1.82) is 0 Å². The molecular formula is C23H28N4O8S. The van der Waals surface area contributed by atoms with Gasteiger partial charge in [0.15, 0.2) is 0 Å². The second-order valence-corrected chi connectivity index (χ2v) is 9.84. The zero-order chi connectivity index (χ0) is 26.5. The summed E-state index contributed by atoms with van der Waals surface area (Å²) in [5, 5.41) is 11.4. The lowest BCUT2D eigenvalue weighted by Gasteiger charge is -2.35. The third-order valence-corrected chi connectivity index (χ3v) is 7.53. The van der Waals surface area contributed by atoms with Crippen molar-refractivity contribution in [1.82, 2.24) is 9.80 Å². The summed E-state index contributed by atoms with van der Waals surface area (Å²) in [6, 6.07) is 9.71. The van der Waals surface area contributed by atoms with Crippen LogP contribution in [0.2, 0.25) is 0 Å². The molecule has 194 valence electrons. The first-order valence-electron chi connectivity index (χ1n) is 11.2. The van der Waals surface area contributed by atoms with Crippen LogP contribution in [0.1, 0.15) is 12.5 Å². The van der Waals surface area contributed by atoms with Crippen molar-refractivity contribution in [3.63, 3.8) is 0 Å². The highest BCUT2D eigenvalue weighted by atomic mass is 32.2. The number of sulfonamides is 1. The number of hydrogen-bond acceptors (Lipinski definition) is 8. The first kappa shape index (κ1) is 26.7. The number of amides is 2. The maximum Gasteiger partial charge on any atom is 0.409 e. The zero-order valence-corrected chi connectivity index (χ0v) is 21.1. The second-order valence-electron chi connectivity index (χ2n) is 7.98. The SMILES string of the molecule is CCOC(=O)N1CCN(C(=O)CN(c2ccc(OC)cc2)S(=O)(=O)c2ccc(C)c([N+](=O)[O-])c2)CC1. The molecule has 0 saturated carbocycles. The third-order valence-electron chi connectivity index (χ3n) is 5.76. The van der Waals surface area contributed by atoms with Gasteiger partial charge in [-0.25, -0.2) is 13.2 Å². The van der Waals surface area contributed by atoms with Crippen LogP contribution < -0.4 is 9.04 Å². The molecule has 0 aromatic heterocycles. The molecule has 2 aromatic carbocycles. The fraction of sp³-hybridized carbons (Fsp3) is 0.391. The van der Waals surface area contributed by atoms with Crippen LogP contribution >= 0.6 is 0 Å². The summed E-state index contributed by atoms with van der Waals surface area (Å²) in [5.74, 6) is 0.0167. The van der Waals surface area contributed by atoms with Gasteiger partial charge in [0.25, 0.3) is 15.7 Å². The van der Waals surface area contributed by atoms with Gasteiger partial charge in [-0.15, -0.1) is 0 Å². The number of nitrogens with zero attached hydrogens (tertiary/aromatic N) is 4. The zero-order valence-electron chi connectivity index (χ0n) is 20.2. The van der Waals surface area contributed by atoms with E-state index in [2.05, 4.69) is 0 Å². The van der Waals surface area contributed by atoms with Gasteiger partial charge >= 0.3 is 6.09 Å². The van der Waals surface area contributed by atoms with E-state index in [9.17, 15) is 28.1 Å². The lowest BCUT2D eigenvalue weighted by atomic mass is 10.2. The van der Waals surface area contributed by atoms with Gasteiger partial charge in [-0.3, -0.25) is 19.2 Å². The molecule has 12 nitrogen and oxygen atoms in total. The van der Waals surface area contributed by atoms with Crippen molar-refractivity contribution in [3.8, 4) is 5.75 Å². The molecule has 0 bridgehead atoms. The molecule has 1 heterocycles. The van der Waals surface area contributed by atoms with Crippen LogP contribution in [0.25, 0.3) is 0 Å². The van der Waals surface area contributed by atoms with E-state index < -0.39 is 33.5 Å². The number of methoxy groups -OCH3 is 1. The molecule has 0 spiro atoms. The highest BCUT2D eigenvalue weighted by Crippen LogP contribution is 2.29. The fourth-order valence-electron chi connectivity index (χ4n) is 3.71. The summed E-state index contributed by atoms with van der Waals surface area (Å²) in [4.78, 5) is 38.5. The number of ether oxygens (including phenoxy) is 2. The van der Waals surface area contributed by atoms with Crippen LogP contribution in [-0.4, -0.2) is 81.6 Å². The number of anilines is 1. The standard InChI is InChI=1S/C23H28N4O8S/c1-4-35-23(29)25-13-11-24(12-14-25)22(28)16-26(18-6-8-19(34-3)9-7-18)36(32,33)20-10-5-17(2)21(15-20)27(30)31/h5-10,15H,4,11-14,16H2,1-3H3. The molecule has 1 fully saturated rings. The van der Waals surface area contributed by atoms with Crippen molar-refractivity contribution >= 4 is 33.4 Å². The minimum Gasteiger partial charge on any atom is -0.497 e. The van der Waals surface area contributed by atoms with Gasteiger partial charge < -0.3 is 19.3 Å². The summed E-state index contributed by atoms with van der Waals surface area (Å²) in [5.41, 5.74) is 0.162. The van der Waals surface area contributed by atoms with E-state index in [1.807, 2.05) is 0 Å². The molecule has 13 heteroatoms. The molecule has 0 N–H and O–H groups in total. The van der Waals surface area contributed by atoms with E-state index in [0.29, 0.717) is 11.3 Å². The second kappa shape index (κ2) is 11.2. The molecule has 1 aliphatic rings. The molecule has 1 aliphatic heterocycles. The molecule has 2 amide bonds. The summed E-state index contributed by atoms with van der Waals surface area (Å²) in [6.45, 7) is 3.85. The Morgan fingerprint density at radius 3 is 2.22 bits per heavy atom. The molecule has 0 aliphatic carbocycles. The monoisotopic (exact) mass is 520 g/mol.